The van der Waals surface area contributed by atoms with Gasteiger partial charge in [-0.2, -0.15) is 0 Å². The van der Waals surface area contributed by atoms with Gasteiger partial charge in [0.15, 0.2) is 0 Å². The lowest BCUT2D eigenvalue weighted by Gasteiger charge is -2.19. The van der Waals surface area contributed by atoms with E-state index in [1.807, 2.05) is 0 Å². The fourth-order valence-corrected chi connectivity index (χ4v) is 2.09. The number of hydrogen-bond donors (Lipinski definition) is 1. The Hall–Kier alpha value is -1.91. The Morgan fingerprint density at radius 2 is 2.22 bits per heavy atom. The first-order valence-corrected chi connectivity index (χ1v) is 5.86. The third kappa shape index (κ3) is 2.50. The number of nitrogens with two attached hydrogens (primary N) is 1. The van der Waals surface area contributed by atoms with Crippen LogP contribution in [0, 0.1) is 11.5 Å². The van der Waals surface area contributed by atoms with E-state index in [0.29, 0.717) is 12.1 Å². The summed E-state index contributed by atoms with van der Waals surface area (Å²) in [6.07, 6.45) is 2.39. The number of likely N-dealkylation sites (tertiary alicyclic amines) is 1. The Balaban J connectivity index is 2.19. The number of aromatic nitrogens is 1. The molecule has 2 amide bonds. The van der Waals surface area contributed by atoms with Crippen molar-refractivity contribution < 1.29 is 9.59 Å². The zero-order chi connectivity index (χ0) is 13.3. The molecule has 2 N–H and O–H groups in total. The van der Waals surface area contributed by atoms with Gasteiger partial charge in [-0.15, -0.1) is 0 Å². The minimum absolute atomic E-state index is 0.000642. The van der Waals surface area contributed by atoms with Gasteiger partial charge < -0.3 is 10.6 Å². The highest BCUT2D eigenvalue weighted by molar-refractivity contribution is 5.97. The molecule has 0 bridgehead atoms. The summed E-state index contributed by atoms with van der Waals surface area (Å²) in [5.74, 6) is -0.795. The number of primary amides is 1. The summed E-state index contributed by atoms with van der Waals surface area (Å²) >= 11 is 0. The molecule has 0 spiro atoms. The number of hydrogen-bond acceptors (Lipinski definition) is 3. The third-order valence-corrected chi connectivity index (χ3v) is 3.13. The van der Waals surface area contributed by atoms with Crippen LogP contribution in [0.15, 0.2) is 12.3 Å². The van der Waals surface area contributed by atoms with Crippen LogP contribution in [-0.4, -0.2) is 34.8 Å². The normalized spacial score (nSPS) is 17.8. The van der Waals surface area contributed by atoms with Gasteiger partial charge in [0.05, 0.1) is 5.56 Å². The highest BCUT2D eigenvalue weighted by Gasteiger charge is 2.32. The van der Waals surface area contributed by atoms with E-state index in [4.69, 9.17) is 5.73 Å². The van der Waals surface area contributed by atoms with Crippen LogP contribution < -0.4 is 5.73 Å². The Morgan fingerprint density at radius 3 is 2.78 bits per heavy atom. The summed E-state index contributed by atoms with van der Waals surface area (Å²) in [7, 11) is 0. The molecule has 1 fully saturated rings. The summed E-state index contributed by atoms with van der Waals surface area (Å²) in [5.41, 5.74) is 5.61. The number of carbonyl (C=O) groups is 2. The standard InChI is InChI=1S/C13H16N3O2/c1-13(2)4-6-16(8-13)12(18)9-3-5-15-10(7-9)11(14)17/h3,5H,4,6,8H2,1-2H3,(H2,14,17). The second-order valence-corrected chi connectivity index (χ2v) is 5.34. The number of nitrogens with zero attached hydrogens (tertiary/aromatic N) is 2. The van der Waals surface area contributed by atoms with Crippen molar-refractivity contribution in [2.45, 2.75) is 20.3 Å². The molecule has 95 valence electrons. The summed E-state index contributed by atoms with van der Waals surface area (Å²) in [6, 6.07) is 4.23. The zero-order valence-electron chi connectivity index (χ0n) is 10.6. The van der Waals surface area contributed by atoms with Crippen molar-refractivity contribution in [1.82, 2.24) is 9.88 Å². The lowest BCUT2D eigenvalue weighted by Crippen LogP contribution is -2.30. The van der Waals surface area contributed by atoms with Crippen molar-refractivity contribution in [1.29, 1.82) is 0 Å². The van der Waals surface area contributed by atoms with Crippen molar-refractivity contribution in [3.05, 3.63) is 29.6 Å². The molecule has 1 aromatic heterocycles. The average Bonchev–Trinajstić information content (AvgIpc) is 2.69. The Labute approximate surface area is 106 Å². The minimum Gasteiger partial charge on any atom is -0.364 e. The third-order valence-electron chi connectivity index (χ3n) is 3.13. The predicted molar refractivity (Wildman–Crippen MR) is 65.9 cm³/mol. The van der Waals surface area contributed by atoms with Gasteiger partial charge in [-0.3, -0.25) is 14.6 Å². The van der Waals surface area contributed by atoms with Crippen LogP contribution in [0.25, 0.3) is 0 Å². The molecule has 0 aliphatic carbocycles. The molecule has 2 heterocycles. The minimum atomic E-state index is -0.675. The van der Waals surface area contributed by atoms with Crippen molar-refractivity contribution in [3.8, 4) is 0 Å². The number of amides is 2. The maximum Gasteiger partial charge on any atom is 0.267 e. The summed E-state index contributed by atoms with van der Waals surface area (Å²) < 4.78 is 0. The lowest BCUT2D eigenvalue weighted by molar-refractivity contribution is 0.0778. The molecule has 0 aromatic carbocycles. The van der Waals surface area contributed by atoms with E-state index in [2.05, 4.69) is 24.9 Å². The molecule has 18 heavy (non-hydrogen) atoms. The van der Waals surface area contributed by atoms with Crippen LogP contribution in [0.4, 0.5) is 0 Å². The highest BCUT2D eigenvalue weighted by Crippen LogP contribution is 2.29. The second-order valence-electron chi connectivity index (χ2n) is 5.34. The Bertz CT molecular complexity index is 497. The van der Waals surface area contributed by atoms with E-state index in [1.54, 1.807) is 11.0 Å². The summed E-state index contributed by atoms with van der Waals surface area (Å²) in [6.45, 7) is 5.71. The molecule has 5 heteroatoms. The van der Waals surface area contributed by atoms with Gasteiger partial charge in [0.1, 0.15) is 5.69 Å². The maximum absolute atomic E-state index is 12.2. The van der Waals surface area contributed by atoms with Crippen LogP contribution in [-0.2, 0) is 0 Å². The van der Waals surface area contributed by atoms with E-state index in [1.165, 1.54) is 6.20 Å². The number of rotatable bonds is 2. The second kappa shape index (κ2) is 4.40. The van der Waals surface area contributed by atoms with Crippen LogP contribution in [0.1, 0.15) is 41.1 Å². The highest BCUT2D eigenvalue weighted by atomic mass is 16.2. The van der Waals surface area contributed by atoms with Crippen molar-refractivity contribution in [2.75, 3.05) is 13.1 Å². The quantitative estimate of drug-likeness (QED) is 0.840. The molecule has 1 aromatic rings. The summed E-state index contributed by atoms with van der Waals surface area (Å²) in [5, 5.41) is 0. The average molecular weight is 246 g/mol. The van der Waals surface area contributed by atoms with Gasteiger partial charge in [-0.1, -0.05) is 13.8 Å². The van der Waals surface area contributed by atoms with Gasteiger partial charge in [0, 0.05) is 25.4 Å². The molecule has 0 saturated carbocycles. The van der Waals surface area contributed by atoms with Crippen LogP contribution in [0.2, 0.25) is 0 Å². The molecule has 0 unspecified atom stereocenters. The molecule has 1 radical (unpaired) electrons. The molecule has 1 aliphatic heterocycles. The lowest BCUT2D eigenvalue weighted by atomic mass is 9.93. The van der Waals surface area contributed by atoms with E-state index in [-0.39, 0.29) is 17.0 Å². The molecule has 5 nitrogen and oxygen atoms in total. The maximum atomic E-state index is 12.2. The van der Waals surface area contributed by atoms with Crippen molar-refractivity contribution >= 4 is 11.8 Å². The van der Waals surface area contributed by atoms with Crippen molar-refractivity contribution in [2.24, 2.45) is 11.1 Å². The predicted octanol–water partition coefficient (Wildman–Crippen LogP) is 0.853. The number of carbonyl (C=O) groups excluding carboxylic acids is 2. The first kappa shape index (κ1) is 12.5. The van der Waals surface area contributed by atoms with Crippen LogP contribution >= 0.6 is 0 Å². The molecular formula is C13H16N3O2. The Morgan fingerprint density at radius 1 is 1.50 bits per heavy atom. The van der Waals surface area contributed by atoms with Gasteiger partial charge >= 0.3 is 0 Å². The van der Waals surface area contributed by atoms with Crippen LogP contribution in [0.5, 0.6) is 0 Å². The first-order chi connectivity index (χ1) is 8.39. The number of pyridine rings is 1. The molecular weight excluding hydrogens is 230 g/mol. The molecule has 2 rings (SSSR count). The van der Waals surface area contributed by atoms with E-state index in [9.17, 15) is 9.59 Å². The SMILES string of the molecule is CC1(C)CCN(C(=O)c2[c]c(C(N)=O)ncc2)C1. The van der Waals surface area contributed by atoms with Crippen molar-refractivity contribution in [3.63, 3.8) is 0 Å². The fourth-order valence-electron chi connectivity index (χ4n) is 2.09. The summed E-state index contributed by atoms with van der Waals surface area (Å²) in [4.78, 5) is 28.8. The first-order valence-electron chi connectivity index (χ1n) is 5.86. The molecule has 1 saturated heterocycles. The fraction of sp³-hybridized carbons (Fsp3) is 0.462. The largest absolute Gasteiger partial charge is 0.364 e. The van der Waals surface area contributed by atoms with Gasteiger partial charge in [0.2, 0.25) is 0 Å². The van der Waals surface area contributed by atoms with Gasteiger partial charge in [-0.05, 0) is 17.9 Å². The Kier molecular flexibility index (Phi) is 3.07. The smallest absolute Gasteiger partial charge is 0.267 e. The van der Waals surface area contributed by atoms with Gasteiger partial charge in [0.25, 0.3) is 11.8 Å². The zero-order valence-corrected chi connectivity index (χ0v) is 10.6. The van der Waals surface area contributed by atoms with Gasteiger partial charge in [-0.25, -0.2) is 0 Å². The molecule has 1 aliphatic rings. The topological polar surface area (TPSA) is 76.3 Å². The van der Waals surface area contributed by atoms with E-state index < -0.39 is 5.91 Å². The molecule has 0 atom stereocenters. The van der Waals surface area contributed by atoms with Crippen LogP contribution in [0.3, 0.4) is 0 Å². The monoisotopic (exact) mass is 246 g/mol. The van der Waals surface area contributed by atoms with E-state index in [0.717, 1.165) is 13.0 Å². The van der Waals surface area contributed by atoms with E-state index >= 15 is 0 Å².